The molecule has 0 radical (unpaired) electrons. The van der Waals surface area contributed by atoms with E-state index in [9.17, 15) is 17.6 Å². The molecule has 1 aromatic heterocycles. The summed E-state index contributed by atoms with van der Waals surface area (Å²) < 4.78 is 36.7. The minimum absolute atomic E-state index is 0.348. The molecule has 2 rings (SSSR count). The van der Waals surface area contributed by atoms with Gasteiger partial charge in [-0.3, -0.25) is 9.78 Å². The quantitative estimate of drug-likeness (QED) is 0.843. The predicted molar refractivity (Wildman–Crippen MR) is 89.3 cm³/mol. The summed E-state index contributed by atoms with van der Waals surface area (Å²) >= 11 is 0. The number of aromatic nitrogens is 1. The number of sulfone groups is 1. The van der Waals surface area contributed by atoms with Crippen molar-refractivity contribution in [2.24, 2.45) is 0 Å². The maximum atomic E-state index is 13.9. The number of nitrogens with one attached hydrogen (secondary N) is 1. The van der Waals surface area contributed by atoms with E-state index in [1.807, 2.05) is 0 Å². The Labute approximate surface area is 140 Å². The van der Waals surface area contributed by atoms with Gasteiger partial charge in [-0.05, 0) is 42.3 Å². The second-order valence-corrected chi connectivity index (χ2v) is 7.30. The van der Waals surface area contributed by atoms with Crippen LogP contribution in [0.4, 0.5) is 4.39 Å². The third-order valence-corrected chi connectivity index (χ3v) is 4.46. The first-order valence-corrected chi connectivity index (χ1v) is 9.04. The Kier molecular flexibility index (Phi) is 5.46. The third-order valence-electron chi connectivity index (χ3n) is 3.33. The molecular weight excluding hydrogens is 331 g/mol. The van der Waals surface area contributed by atoms with Crippen LogP contribution < -0.4 is 5.32 Å². The minimum atomic E-state index is -3.62. The Morgan fingerprint density at radius 1 is 1.33 bits per heavy atom. The zero-order chi connectivity index (χ0) is 17.7. The molecule has 0 aliphatic carbocycles. The minimum Gasteiger partial charge on any atom is -0.346 e. The standard InChI is InChI=1S/C17H17FN2O3S/c1-12(14-6-7-16(15(18)10-14)24(2,22)23)20-17(21)8-5-13-4-3-9-19-11-13/h3-12H,1-2H3,(H,20,21). The van der Waals surface area contributed by atoms with Gasteiger partial charge in [0.2, 0.25) is 5.91 Å². The lowest BCUT2D eigenvalue weighted by atomic mass is 10.1. The normalized spacial score (nSPS) is 13.0. The molecule has 126 valence electrons. The maximum Gasteiger partial charge on any atom is 0.244 e. The molecule has 0 spiro atoms. The number of carbonyl (C=O) groups excluding carboxylic acids is 1. The van der Waals surface area contributed by atoms with Crippen LogP contribution in [0.15, 0.2) is 53.7 Å². The van der Waals surface area contributed by atoms with Crippen molar-refractivity contribution in [1.29, 1.82) is 0 Å². The highest BCUT2D eigenvalue weighted by Gasteiger charge is 2.16. The molecule has 0 saturated heterocycles. The molecule has 1 aromatic carbocycles. The largest absolute Gasteiger partial charge is 0.346 e. The summed E-state index contributed by atoms with van der Waals surface area (Å²) in [5.41, 5.74) is 1.26. The molecule has 0 aliphatic rings. The molecule has 1 atom stereocenters. The molecule has 24 heavy (non-hydrogen) atoms. The fourth-order valence-electron chi connectivity index (χ4n) is 2.08. The number of benzene rings is 1. The van der Waals surface area contributed by atoms with Gasteiger partial charge in [0.25, 0.3) is 0 Å². The number of amides is 1. The molecule has 7 heteroatoms. The van der Waals surface area contributed by atoms with Crippen molar-refractivity contribution in [1.82, 2.24) is 10.3 Å². The number of hydrogen-bond donors (Lipinski definition) is 1. The van der Waals surface area contributed by atoms with Crippen molar-refractivity contribution in [3.05, 3.63) is 65.7 Å². The zero-order valence-electron chi connectivity index (χ0n) is 13.2. The van der Waals surface area contributed by atoms with Crippen molar-refractivity contribution in [2.75, 3.05) is 6.26 Å². The van der Waals surface area contributed by atoms with Crippen molar-refractivity contribution >= 4 is 21.8 Å². The van der Waals surface area contributed by atoms with Gasteiger partial charge >= 0.3 is 0 Å². The molecule has 5 nitrogen and oxygen atoms in total. The highest BCUT2D eigenvalue weighted by Crippen LogP contribution is 2.20. The van der Waals surface area contributed by atoms with Crippen LogP contribution in [0.2, 0.25) is 0 Å². The lowest BCUT2D eigenvalue weighted by Gasteiger charge is -2.14. The van der Waals surface area contributed by atoms with Crippen LogP contribution in [0.1, 0.15) is 24.1 Å². The molecular formula is C17H17FN2O3S. The molecule has 0 aliphatic heterocycles. The second kappa shape index (κ2) is 7.35. The van der Waals surface area contributed by atoms with Gasteiger partial charge in [0.1, 0.15) is 10.7 Å². The molecule has 1 amide bonds. The molecule has 1 unspecified atom stereocenters. The first-order chi connectivity index (χ1) is 11.3. The monoisotopic (exact) mass is 348 g/mol. The maximum absolute atomic E-state index is 13.9. The van der Waals surface area contributed by atoms with E-state index < -0.39 is 21.7 Å². The van der Waals surface area contributed by atoms with Crippen molar-refractivity contribution in [3.63, 3.8) is 0 Å². The van der Waals surface area contributed by atoms with E-state index in [1.165, 1.54) is 18.2 Å². The Hall–Kier alpha value is -2.54. The van der Waals surface area contributed by atoms with Gasteiger partial charge in [-0.1, -0.05) is 12.1 Å². The van der Waals surface area contributed by atoms with E-state index in [-0.39, 0.29) is 10.8 Å². The summed E-state index contributed by atoms with van der Waals surface area (Å²) in [6.07, 6.45) is 7.16. The second-order valence-electron chi connectivity index (χ2n) is 5.31. The fraction of sp³-hybridized carbons (Fsp3) is 0.176. The van der Waals surface area contributed by atoms with Crippen LogP contribution in [-0.2, 0) is 14.6 Å². The van der Waals surface area contributed by atoms with Gasteiger partial charge in [-0.25, -0.2) is 12.8 Å². The number of halogens is 1. The molecule has 1 N–H and O–H groups in total. The third kappa shape index (κ3) is 4.73. The summed E-state index contributed by atoms with van der Waals surface area (Å²) in [7, 11) is -3.62. The van der Waals surface area contributed by atoms with Crippen LogP contribution in [0.3, 0.4) is 0 Å². The lowest BCUT2D eigenvalue weighted by Crippen LogP contribution is -2.24. The lowest BCUT2D eigenvalue weighted by molar-refractivity contribution is -0.117. The Balaban J connectivity index is 2.07. The van der Waals surface area contributed by atoms with Crippen LogP contribution in [0, 0.1) is 5.82 Å². The Bertz CT molecular complexity index is 865. The Morgan fingerprint density at radius 3 is 2.67 bits per heavy atom. The Morgan fingerprint density at radius 2 is 2.08 bits per heavy atom. The predicted octanol–water partition coefficient (Wildman–Crippen LogP) is 2.51. The van der Waals surface area contributed by atoms with E-state index in [0.29, 0.717) is 5.56 Å². The molecule has 0 fully saturated rings. The van der Waals surface area contributed by atoms with Gasteiger partial charge in [0.15, 0.2) is 9.84 Å². The fourth-order valence-corrected chi connectivity index (χ4v) is 2.81. The van der Waals surface area contributed by atoms with Gasteiger partial charge in [-0.2, -0.15) is 0 Å². The number of rotatable bonds is 5. The van der Waals surface area contributed by atoms with Gasteiger partial charge < -0.3 is 5.32 Å². The van der Waals surface area contributed by atoms with Crippen LogP contribution >= 0.6 is 0 Å². The van der Waals surface area contributed by atoms with Gasteiger partial charge in [-0.15, -0.1) is 0 Å². The molecule has 0 bridgehead atoms. The van der Waals surface area contributed by atoms with E-state index in [1.54, 1.807) is 37.5 Å². The average molecular weight is 348 g/mol. The number of pyridine rings is 1. The van der Waals surface area contributed by atoms with E-state index in [2.05, 4.69) is 10.3 Å². The summed E-state index contributed by atoms with van der Waals surface area (Å²) in [5.74, 6) is -1.18. The highest BCUT2D eigenvalue weighted by molar-refractivity contribution is 7.90. The molecule has 1 heterocycles. The van der Waals surface area contributed by atoms with Crippen molar-refractivity contribution in [3.8, 4) is 0 Å². The molecule has 0 saturated carbocycles. The summed E-state index contributed by atoms with van der Waals surface area (Å²) in [5, 5.41) is 2.69. The van der Waals surface area contributed by atoms with Crippen LogP contribution in [-0.4, -0.2) is 25.6 Å². The number of carbonyl (C=O) groups is 1. The summed E-state index contributed by atoms with van der Waals surface area (Å²) in [6, 6.07) is 6.89. The topological polar surface area (TPSA) is 76.1 Å². The van der Waals surface area contributed by atoms with Gasteiger partial charge in [0, 0.05) is 24.7 Å². The number of nitrogens with zero attached hydrogens (tertiary/aromatic N) is 1. The molecule has 2 aromatic rings. The zero-order valence-corrected chi connectivity index (χ0v) is 14.0. The average Bonchev–Trinajstić information content (AvgIpc) is 2.52. The van der Waals surface area contributed by atoms with Crippen LogP contribution in [0.25, 0.3) is 6.08 Å². The SMILES string of the molecule is CC(NC(=O)C=Cc1cccnc1)c1ccc(S(C)(=O)=O)c(F)c1. The van der Waals surface area contributed by atoms with E-state index in [0.717, 1.165) is 17.9 Å². The van der Waals surface area contributed by atoms with Gasteiger partial charge in [0.05, 0.1) is 6.04 Å². The summed E-state index contributed by atoms with van der Waals surface area (Å²) in [4.78, 5) is 15.5. The first kappa shape index (κ1) is 17.8. The van der Waals surface area contributed by atoms with Crippen molar-refractivity contribution in [2.45, 2.75) is 17.9 Å². The van der Waals surface area contributed by atoms with Crippen LogP contribution in [0.5, 0.6) is 0 Å². The highest BCUT2D eigenvalue weighted by atomic mass is 32.2. The van der Waals surface area contributed by atoms with E-state index in [4.69, 9.17) is 0 Å². The van der Waals surface area contributed by atoms with E-state index >= 15 is 0 Å². The first-order valence-electron chi connectivity index (χ1n) is 7.15. The summed E-state index contributed by atoms with van der Waals surface area (Å²) in [6.45, 7) is 1.69. The smallest absolute Gasteiger partial charge is 0.244 e. The van der Waals surface area contributed by atoms with Crippen molar-refractivity contribution < 1.29 is 17.6 Å². The number of hydrogen-bond acceptors (Lipinski definition) is 4.